The van der Waals surface area contributed by atoms with Crippen molar-refractivity contribution in [1.82, 2.24) is 20.1 Å². The van der Waals surface area contributed by atoms with Crippen LogP contribution in [0.15, 0.2) is 24.5 Å². The Morgan fingerprint density at radius 1 is 1.35 bits per heavy atom. The van der Waals surface area contributed by atoms with Gasteiger partial charge in [0.15, 0.2) is 0 Å². The lowest BCUT2D eigenvalue weighted by atomic mass is 10.2. The van der Waals surface area contributed by atoms with E-state index in [1.54, 1.807) is 12.4 Å². The maximum Gasteiger partial charge on any atom is 0.317 e. The molecule has 1 N–H and O–H groups in total. The topological polar surface area (TPSA) is 48.5 Å². The molecule has 1 aromatic rings. The van der Waals surface area contributed by atoms with Gasteiger partial charge >= 0.3 is 6.03 Å². The zero-order valence-corrected chi connectivity index (χ0v) is 12.4. The fourth-order valence-corrected chi connectivity index (χ4v) is 2.44. The van der Waals surface area contributed by atoms with Gasteiger partial charge in [-0.15, -0.1) is 0 Å². The molecule has 110 valence electrons. The fourth-order valence-electron chi connectivity index (χ4n) is 2.44. The van der Waals surface area contributed by atoms with Crippen molar-refractivity contribution in [3.05, 3.63) is 30.1 Å². The Labute approximate surface area is 121 Å². The van der Waals surface area contributed by atoms with Gasteiger partial charge in [0.2, 0.25) is 0 Å². The van der Waals surface area contributed by atoms with E-state index in [0.29, 0.717) is 12.5 Å². The van der Waals surface area contributed by atoms with Gasteiger partial charge in [-0.25, -0.2) is 4.79 Å². The molecule has 0 bridgehead atoms. The van der Waals surface area contributed by atoms with E-state index in [1.807, 2.05) is 17.0 Å². The van der Waals surface area contributed by atoms with E-state index in [1.165, 1.54) is 0 Å². The number of nitrogens with one attached hydrogen (secondary N) is 1. The smallest absolute Gasteiger partial charge is 0.317 e. The van der Waals surface area contributed by atoms with Crippen molar-refractivity contribution in [3.8, 4) is 0 Å². The van der Waals surface area contributed by atoms with Gasteiger partial charge in [0, 0.05) is 51.7 Å². The van der Waals surface area contributed by atoms with Crippen molar-refractivity contribution < 1.29 is 4.79 Å². The average Bonchev–Trinajstić information content (AvgIpc) is 2.46. The normalized spacial score (nSPS) is 16.4. The van der Waals surface area contributed by atoms with E-state index in [-0.39, 0.29) is 6.03 Å². The summed E-state index contributed by atoms with van der Waals surface area (Å²) in [5, 5.41) is 2.95. The van der Waals surface area contributed by atoms with Crippen molar-refractivity contribution >= 4 is 6.03 Å². The van der Waals surface area contributed by atoms with Crippen molar-refractivity contribution in [3.63, 3.8) is 0 Å². The number of carbonyl (C=O) groups is 1. The number of piperazine rings is 1. The van der Waals surface area contributed by atoms with Gasteiger partial charge in [-0.2, -0.15) is 0 Å². The van der Waals surface area contributed by atoms with Crippen LogP contribution < -0.4 is 5.32 Å². The average molecular weight is 276 g/mol. The highest BCUT2D eigenvalue weighted by atomic mass is 16.2. The van der Waals surface area contributed by atoms with Crippen LogP contribution in [0.3, 0.4) is 0 Å². The van der Waals surface area contributed by atoms with Gasteiger partial charge in [0.25, 0.3) is 0 Å². The summed E-state index contributed by atoms with van der Waals surface area (Å²) in [6.07, 6.45) is 3.51. The first-order chi connectivity index (χ1) is 9.65. The maximum atomic E-state index is 12.1. The highest BCUT2D eigenvalue weighted by molar-refractivity contribution is 5.74. The number of aromatic nitrogens is 1. The number of urea groups is 1. The number of hydrogen-bond acceptors (Lipinski definition) is 3. The Bertz CT molecular complexity index is 413. The number of hydrogen-bond donors (Lipinski definition) is 1. The quantitative estimate of drug-likeness (QED) is 0.908. The first-order valence-electron chi connectivity index (χ1n) is 7.29. The van der Waals surface area contributed by atoms with Gasteiger partial charge in [-0.3, -0.25) is 9.88 Å². The molecular formula is C15H24N4O. The Balaban J connectivity index is 1.72. The molecule has 0 spiro atoms. The van der Waals surface area contributed by atoms with Crippen molar-refractivity contribution in [1.29, 1.82) is 0 Å². The summed E-state index contributed by atoms with van der Waals surface area (Å²) in [6, 6.07) is 3.87. The van der Waals surface area contributed by atoms with Gasteiger partial charge < -0.3 is 10.2 Å². The standard InChI is InChI=1S/C15H24N4O/c1-13(2)12-18-6-8-19(9-7-18)15(20)17-11-14-4-3-5-16-10-14/h3-5,10,13H,6-9,11-12H2,1-2H3,(H,17,20). The third-order valence-corrected chi connectivity index (χ3v) is 3.45. The summed E-state index contributed by atoms with van der Waals surface area (Å²) in [5.41, 5.74) is 1.03. The van der Waals surface area contributed by atoms with E-state index in [9.17, 15) is 4.79 Å². The highest BCUT2D eigenvalue weighted by Crippen LogP contribution is 2.05. The minimum absolute atomic E-state index is 0.0260. The summed E-state index contributed by atoms with van der Waals surface area (Å²) in [6.45, 7) is 9.68. The van der Waals surface area contributed by atoms with Gasteiger partial charge in [0.05, 0.1) is 0 Å². The Hall–Kier alpha value is -1.62. The molecule has 5 nitrogen and oxygen atoms in total. The number of amides is 2. The van der Waals surface area contributed by atoms with Gasteiger partial charge in [-0.05, 0) is 17.5 Å². The molecule has 1 saturated heterocycles. The first kappa shape index (κ1) is 14.8. The van der Waals surface area contributed by atoms with Crippen molar-refractivity contribution in [2.24, 2.45) is 5.92 Å². The van der Waals surface area contributed by atoms with Crippen LogP contribution in [0, 0.1) is 5.92 Å². The lowest BCUT2D eigenvalue weighted by Crippen LogP contribution is -2.52. The molecule has 0 saturated carbocycles. The van der Waals surface area contributed by atoms with E-state index in [2.05, 4.69) is 29.0 Å². The molecular weight excluding hydrogens is 252 g/mol. The van der Waals surface area contributed by atoms with Crippen LogP contribution in [-0.2, 0) is 6.54 Å². The first-order valence-corrected chi connectivity index (χ1v) is 7.29. The maximum absolute atomic E-state index is 12.1. The Kier molecular flexibility index (Phi) is 5.35. The van der Waals surface area contributed by atoms with E-state index in [0.717, 1.165) is 38.3 Å². The molecule has 20 heavy (non-hydrogen) atoms. The number of pyridine rings is 1. The summed E-state index contributed by atoms with van der Waals surface area (Å²) in [4.78, 5) is 20.4. The summed E-state index contributed by atoms with van der Waals surface area (Å²) in [5.74, 6) is 0.681. The molecule has 0 aromatic carbocycles. The van der Waals surface area contributed by atoms with Crippen LogP contribution in [0.4, 0.5) is 4.79 Å². The third kappa shape index (κ3) is 4.49. The monoisotopic (exact) mass is 276 g/mol. The van der Waals surface area contributed by atoms with E-state index >= 15 is 0 Å². The lowest BCUT2D eigenvalue weighted by molar-refractivity contribution is 0.131. The van der Waals surface area contributed by atoms with Crippen LogP contribution in [0.2, 0.25) is 0 Å². The third-order valence-electron chi connectivity index (χ3n) is 3.45. The van der Waals surface area contributed by atoms with Gasteiger partial charge in [0.1, 0.15) is 0 Å². The largest absolute Gasteiger partial charge is 0.334 e. The Morgan fingerprint density at radius 2 is 2.10 bits per heavy atom. The van der Waals surface area contributed by atoms with Gasteiger partial charge in [-0.1, -0.05) is 19.9 Å². The van der Waals surface area contributed by atoms with Crippen LogP contribution >= 0.6 is 0 Å². The SMILES string of the molecule is CC(C)CN1CCN(C(=O)NCc2cccnc2)CC1. The Morgan fingerprint density at radius 3 is 2.70 bits per heavy atom. The summed E-state index contributed by atoms with van der Waals surface area (Å²) >= 11 is 0. The number of rotatable bonds is 4. The van der Waals surface area contributed by atoms with E-state index < -0.39 is 0 Å². The lowest BCUT2D eigenvalue weighted by Gasteiger charge is -2.35. The zero-order chi connectivity index (χ0) is 14.4. The fraction of sp³-hybridized carbons (Fsp3) is 0.600. The number of carbonyl (C=O) groups excluding carboxylic acids is 1. The molecule has 2 amide bonds. The molecule has 0 unspecified atom stereocenters. The zero-order valence-electron chi connectivity index (χ0n) is 12.4. The predicted molar refractivity (Wildman–Crippen MR) is 79.3 cm³/mol. The van der Waals surface area contributed by atoms with Crippen molar-refractivity contribution in [2.75, 3.05) is 32.7 Å². The minimum Gasteiger partial charge on any atom is -0.334 e. The van der Waals surface area contributed by atoms with Crippen LogP contribution in [-0.4, -0.2) is 53.5 Å². The van der Waals surface area contributed by atoms with Crippen molar-refractivity contribution in [2.45, 2.75) is 20.4 Å². The second-order valence-electron chi connectivity index (χ2n) is 5.70. The molecule has 0 aliphatic carbocycles. The minimum atomic E-state index is 0.0260. The summed E-state index contributed by atoms with van der Waals surface area (Å²) < 4.78 is 0. The second-order valence-corrected chi connectivity index (χ2v) is 5.70. The highest BCUT2D eigenvalue weighted by Gasteiger charge is 2.20. The molecule has 1 aliphatic rings. The predicted octanol–water partition coefficient (Wildman–Crippen LogP) is 1.56. The van der Waals surface area contributed by atoms with E-state index in [4.69, 9.17) is 0 Å². The van der Waals surface area contributed by atoms with Crippen LogP contribution in [0.1, 0.15) is 19.4 Å². The molecule has 1 aliphatic heterocycles. The molecule has 5 heteroatoms. The van der Waals surface area contributed by atoms with Crippen LogP contribution in [0.25, 0.3) is 0 Å². The summed E-state index contributed by atoms with van der Waals surface area (Å²) in [7, 11) is 0. The molecule has 2 rings (SSSR count). The van der Waals surface area contributed by atoms with Crippen LogP contribution in [0.5, 0.6) is 0 Å². The molecule has 1 aromatic heterocycles. The molecule has 0 radical (unpaired) electrons. The second kappa shape index (κ2) is 7.24. The number of nitrogens with zero attached hydrogens (tertiary/aromatic N) is 3. The molecule has 0 atom stereocenters. The molecule has 2 heterocycles. The molecule has 1 fully saturated rings.